The summed E-state index contributed by atoms with van der Waals surface area (Å²) >= 11 is 4.76. The molecule has 9 heteroatoms. The van der Waals surface area contributed by atoms with Gasteiger partial charge in [0, 0.05) is 27.4 Å². The van der Waals surface area contributed by atoms with Gasteiger partial charge < -0.3 is 5.84 Å². The molecule has 3 aromatic rings. The molecule has 0 fully saturated rings. The summed E-state index contributed by atoms with van der Waals surface area (Å²) in [4.78, 5) is 10.7. The van der Waals surface area contributed by atoms with Gasteiger partial charge in [-0.05, 0) is 12.1 Å². The Morgan fingerprint density at radius 2 is 1.88 bits per heavy atom. The van der Waals surface area contributed by atoms with Gasteiger partial charge in [0.2, 0.25) is 5.16 Å². The molecule has 1 aromatic heterocycles. The van der Waals surface area contributed by atoms with Gasteiger partial charge in [0.15, 0.2) is 5.82 Å². The second-order valence-corrected chi connectivity index (χ2v) is 6.63. The second kappa shape index (κ2) is 7.02. The summed E-state index contributed by atoms with van der Waals surface area (Å²) in [7, 11) is 0. The number of halogens is 1. The SMILES string of the molecule is Nn1c(SCc2ccccc2[N+](=O)[O-])nnc1-c1ccccc1Br. The molecular formula is C15H12BrN5O2S. The number of hydrogen-bond donors (Lipinski definition) is 1. The summed E-state index contributed by atoms with van der Waals surface area (Å²) in [5.74, 6) is 6.98. The van der Waals surface area contributed by atoms with Crippen LogP contribution in [0, 0.1) is 10.1 Å². The lowest BCUT2D eigenvalue weighted by atomic mass is 10.2. The molecular weight excluding hydrogens is 394 g/mol. The minimum absolute atomic E-state index is 0.0825. The predicted molar refractivity (Wildman–Crippen MR) is 96.0 cm³/mol. The van der Waals surface area contributed by atoms with Crippen LogP contribution in [-0.2, 0) is 5.75 Å². The lowest BCUT2D eigenvalue weighted by Crippen LogP contribution is -2.11. The molecule has 0 aliphatic carbocycles. The molecule has 0 bridgehead atoms. The van der Waals surface area contributed by atoms with Gasteiger partial charge in [0.25, 0.3) is 5.69 Å². The zero-order valence-corrected chi connectivity index (χ0v) is 14.7. The fourth-order valence-corrected chi connectivity index (χ4v) is 3.47. The molecule has 0 aliphatic heterocycles. The Labute approximate surface area is 150 Å². The predicted octanol–water partition coefficient (Wildman–Crippen LogP) is 3.62. The first kappa shape index (κ1) is 16.5. The quantitative estimate of drug-likeness (QED) is 0.301. The van der Waals surface area contributed by atoms with E-state index < -0.39 is 4.92 Å². The van der Waals surface area contributed by atoms with Crippen LogP contribution in [0.1, 0.15) is 5.56 Å². The van der Waals surface area contributed by atoms with Crippen molar-refractivity contribution in [2.75, 3.05) is 5.84 Å². The van der Waals surface area contributed by atoms with E-state index in [9.17, 15) is 10.1 Å². The topological polar surface area (TPSA) is 99.9 Å². The fraction of sp³-hybridized carbons (Fsp3) is 0.0667. The number of benzene rings is 2. The van der Waals surface area contributed by atoms with Gasteiger partial charge in [-0.1, -0.05) is 58.0 Å². The Kier molecular flexibility index (Phi) is 4.81. The number of nitrogens with two attached hydrogens (primary N) is 1. The highest BCUT2D eigenvalue weighted by atomic mass is 79.9. The summed E-state index contributed by atoms with van der Waals surface area (Å²) < 4.78 is 2.25. The molecule has 7 nitrogen and oxygen atoms in total. The van der Waals surface area contributed by atoms with E-state index in [0.717, 1.165) is 10.0 Å². The van der Waals surface area contributed by atoms with Crippen molar-refractivity contribution in [3.63, 3.8) is 0 Å². The lowest BCUT2D eigenvalue weighted by molar-refractivity contribution is -0.385. The summed E-state index contributed by atoms with van der Waals surface area (Å²) in [5.41, 5.74) is 1.52. The Balaban J connectivity index is 1.83. The zero-order valence-electron chi connectivity index (χ0n) is 12.3. The van der Waals surface area contributed by atoms with Crippen molar-refractivity contribution in [1.29, 1.82) is 0 Å². The molecule has 0 atom stereocenters. The third-order valence-electron chi connectivity index (χ3n) is 3.32. The number of rotatable bonds is 5. The normalized spacial score (nSPS) is 10.7. The van der Waals surface area contributed by atoms with Crippen molar-refractivity contribution in [3.8, 4) is 11.4 Å². The maximum Gasteiger partial charge on any atom is 0.273 e. The van der Waals surface area contributed by atoms with Gasteiger partial charge in [0.05, 0.1) is 4.92 Å². The fourth-order valence-electron chi connectivity index (χ4n) is 2.15. The van der Waals surface area contributed by atoms with E-state index in [2.05, 4.69) is 26.1 Å². The van der Waals surface area contributed by atoms with Gasteiger partial charge in [-0.2, -0.15) is 0 Å². The van der Waals surface area contributed by atoms with Crippen LogP contribution in [0.15, 0.2) is 58.2 Å². The van der Waals surface area contributed by atoms with Gasteiger partial charge in [-0.25, -0.2) is 4.68 Å². The molecule has 24 heavy (non-hydrogen) atoms. The van der Waals surface area contributed by atoms with Crippen LogP contribution in [0.2, 0.25) is 0 Å². The zero-order chi connectivity index (χ0) is 17.1. The number of hydrogen-bond acceptors (Lipinski definition) is 6. The van der Waals surface area contributed by atoms with Crippen LogP contribution in [0.3, 0.4) is 0 Å². The lowest BCUT2D eigenvalue weighted by Gasteiger charge is -2.05. The smallest absolute Gasteiger partial charge is 0.273 e. The van der Waals surface area contributed by atoms with Crippen molar-refractivity contribution in [2.45, 2.75) is 10.9 Å². The first-order valence-electron chi connectivity index (χ1n) is 6.88. The van der Waals surface area contributed by atoms with Gasteiger partial charge >= 0.3 is 0 Å². The number of nitrogens with zero attached hydrogens (tertiary/aromatic N) is 4. The third-order valence-corrected chi connectivity index (χ3v) is 5.01. The maximum atomic E-state index is 11.1. The summed E-state index contributed by atoms with van der Waals surface area (Å²) in [6, 6.07) is 14.2. The molecule has 0 saturated heterocycles. The van der Waals surface area contributed by atoms with Crippen LogP contribution < -0.4 is 5.84 Å². The number of nitrogen functional groups attached to an aromatic ring is 1. The molecule has 2 aromatic carbocycles. The van der Waals surface area contributed by atoms with Crippen molar-refractivity contribution in [1.82, 2.24) is 14.9 Å². The Morgan fingerprint density at radius 1 is 1.17 bits per heavy atom. The molecule has 0 amide bonds. The van der Waals surface area contributed by atoms with E-state index in [4.69, 9.17) is 5.84 Å². The highest BCUT2D eigenvalue weighted by Gasteiger charge is 2.17. The van der Waals surface area contributed by atoms with Gasteiger partial charge in [-0.3, -0.25) is 10.1 Å². The molecule has 0 radical (unpaired) electrons. The van der Waals surface area contributed by atoms with Crippen LogP contribution in [-0.4, -0.2) is 19.8 Å². The molecule has 0 aliphatic rings. The van der Waals surface area contributed by atoms with Crippen LogP contribution in [0.4, 0.5) is 5.69 Å². The number of thioether (sulfide) groups is 1. The van der Waals surface area contributed by atoms with E-state index in [1.165, 1.54) is 22.5 Å². The largest absolute Gasteiger partial charge is 0.335 e. The Hall–Kier alpha value is -2.39. The monoisotopic (exact) mass is 405 g/mol. The summed E-state index contributed by atoms with van der Waals surface area (Å²) in [5, 5.41) is 19.7. The van der Waals surface area contributed by atoms with E-state index in [-0.39, 0.29) is 5.69 Å². The highest BCUT2D eigenvalue weighted by Crippen LogP contribution is 2.30. The van der Waals surface area contributed by atoms with Crippen LogP contribution in [0.5, 0.6) is 0 Å². The number of nitro benzene ring substituents is 1. The van der Waals surface area contributed by atoms with Gasteiger partial charge in [0.1, 0.15) is 0 Å². The highest BCUT2D eigenvalue weighted by molar-refractivity contribution is 9.10. The minimum Gasteiger partial charge on any atom is -0.335 e. The average Bonchev–Trinajstić information content (AvgIpc) is 2.94. The van der Waals surface area contributed by atoms with E-state index in [0.29, 0.717) is 22.3 Å². The third kappa shape index (κ3) is 3.26. The van der Waals surface area contributed by atoms with Crippen LogP contribution >= 0.6 is 27.7 Å². The summed E-state index contributed by atoms with van der Waals surface area (Å²) in [6.45, 7) is 0. The minimum atomic E-state index is -0.393. The molecule has 3 rings (SSSR count). The summed E-state index contributed by atoms with van der Waals surface area (Å²) in [6.07, 6.45) is 0. The van der Waals surface area contributed by atoms with E-state index in [1.54, 1.807) is 18.2 Å². The molecule has 122 valence electrons. The number of aromatic nitrogens is 3. The number of para-hydroxylation sites is 1. The standard InChI is InChI=1S/C15H12BrN5O2S/c16-12-7-3-2-6-11(12)14-18-19-15(20(14)17)24-9-10-5-1-4-8-13(10)21(22)23/h1-8H,9,17H2. The first-order chi connectivity index (χ1) is 11.6. The van der Waals surface area contributed by atoms with Crippen molar-refractivity contribution < 1.29 is 4.92 Å². The van der Waals surface area contributed by atoms with Gasteiger partial charge in [-0.15, -0.1) is 10.2 Å². The van der Waals surface area contributed by atoms with Crippen molar-refractivity contribution >= 4 is 33.4 Å². The second-order valence-electron chi connectivity index (χ2n) is 4.83. The average molecular weight is 406 g/mol. The molecule has 1 heterocycles. The molecule has 0 unspecified atom stereocenters. The van der Waals surface area contributed by atoms with Crippen molar-refractivity contribution in [2.24, 2.45) is 0 Å². The van der Waals surface area contributed by atoms with Crippen molar-refractivity contribution in [3.05, 3.63) is 68.7 Å². The first-order valence-corrected chi connectivity index (χ1v) is 8.66. The maximum absolute atomic E-state index is 11.1. The number of nitro groups is 1. The van der Waals surface area contributed by atoms with Crippen LogP contribution in [0.25, 0.3) is 11.4 Å². The Morgan fingerprint density at radius 3 is 2.62 bits per heavy atom. The van der Waals surface area contributed by atoms with E-state index >= 15 is 0 Å². The molecule has 0 saturated carbocycles. The molecule has 2 N–H and O–H groups in total. The molecule has 0 spiro atoms. The Bertz CT molecular complexity index is 899. The van der Waals surface area contributed by atoms with E-state index in [1.807, 2.05) is 24.3 Å².